The van der Waals surface area contributed by atoms with Gasteiger partial charge < -0.3 is 9.47 Å². The second kappa shape index (κ2) is 5.55. The Morgan fingerprint density at radius 2 is 2.29 bits per heavy atom. The van der Waals surface area contributed by atoms with Crippen molar-refractivity contribution in [1.29, 1.82) is 0 Å². The van der Waals surface area contributed by atoms with E-state index in [9.17, 15) is 4.39 Å². The molecule has 1 heterocycles. The van der Waals surface area contributed by atoms with Crippen LogP contribution in [0.1, 0.15) is 17.2 Å². The van der Waals surface area contributed by atoms with E-state index in [4.69, 9.17) is 15.3 Å². The van der Waals surface area contributed by atoms with Gasteiger partial charge in [-0.05, 0) is 30.2 Å². The second-order valence-corrected chi connectivity index (χ2v) is 4.13. The zero-order chi connectivity index (χ0) is 12.3. The molecule has 0 aromatic heterocycles. The van der Waals surface area contributed by atoms with Crippen LogP contribution in [0.2, 0.25) is 0 Å². The summed E-state index contributed by atoms with van der Waals surface area (Å²) < 4.78 is 24.2. The van der Waals surface area contributed by atoms with Crippen molar-refractivity contribution in [3.8, 4) is 0 Å². The molecule has 1 saturated heterocycles. The van der Waals surface area contributed by atoms with E-state index in [2.05, 4.69) is 5.43 Å². The van der Waals surface area contributed by atoms with E-state index in [0.717, 1.165) is 11.1 Å². The summed E-state index contributed by atoms with van der Waals surface area (Å²) in [5.41, 5.74) is 4.47. The maximum atomic E-state index is 13.3. The van der Waals surface area contributed by atoms with Crippen molar-refractivity contribution in [2.45, 2.75) is 19.1 Å². The highest BCUT2D eigenvalue weighted by atomic mass is 19.1. The van der Waals surface area contributed by atoms with Gasteiger partial charge in [-0.3, -0.25) is 11.3 Å². The smallest absolute Gasteiger partial charge is 0.123 e. The number of ether oxygens (including phenoxy) is 2. The Morgan fingerprint density at radius 3 is 2.94 bits per heavy atom. The molecule has 0 spiro atoms. The zero-order valence-electron chi connectivity index (χ0n) is 9.78. The summed E-state index contributed by atoms with van der Waals surface area (Å²) >= 11 is 0. The van der Waals surface area contributed by atoms with Gasteiger partial charge in [-0.2, -0.15) is 0 Å². The van der Waals surface area contributed by atoms with Crippen molar-refractivity contribution in [3.63, 3.8) is 0 Å². The van der Waals surface area contributed by atoms with E-state index < -0.39 is 0 Å². The lowest BCUT2D eigenvalue weighted by atomic mass is 9.97. The van der Waals surface area contributed by atoms with Gasteiger partial charge in [0, 0.05) is 0 Å². The Hall–Kier alpha value is -1.01. The summed E-state index contributed by atoms with van der Waals surface area (Å²) in [6, 6.07) is 4.40. The molecule has 0 aliphatic carbocycles. The topological polar surface area (TPSA) is 56.5 Å². The Bertz CT molecular complexity index is 381. The second-order valence-electron chi connectivity index (χ2n) is 4.13. The molecule has 2 atom stereocenters. The lowest BCUT2D eigenvalue weighted by molar-refractivity contribution is -0.102. The van der Waals surface area contributed by atoms with E-state index >= 15 is 0 Å². The Balaban J connectivity index is 2.24. The molecule has 0 bridgehead atoms. The fourth-order valence-electron chi connectivity index (χ4n) is 2.04. The number of hydrogen-bond donors (Lipinski definition) is 2. The molecule has 17 heavy (non-hydrogen) atoms. The van der Waals surface area contributed by atoms with Crippen molar-refractivity contribution < 1.29 is 13.9 Å². The number of nitrogens with two attached hydrogens (primary N) is 1. The average Bonchev–Trinajstić information content (AvgIpc) is 2.36. The van der Waals surface area contributed by atoms with Crippen LogP contribution in [0.25, 0.3) is 0 Å². The number of rotatable bonds is 3. The van der Waals surface area contributed by atoms with Crippen LogP contribution >= 0.6 is 0 Å². The summed E-state index contributed by atoms with van der Waals surface area (Å²) in [6.07, 6.45) is -0.186. The normalized spacial score (nSPS) is 22.4. The molecule has 0 amide bonds. The van der Waals surface area contributed by atoms with Crippen molar-refractivity contribution in [1.82, 2.24) is 5.43 Å². The number of benzene rings is 1. The number of hydrogen-bond acceptors (Lipinski definition) is 4. The first-order valence-electron chi connectivity index (χ1n) is 5.64. The monoisotopic (exact) mass is 240 g/mol. The SMILES string of the molecule is Cc1ccc(F)cc1C(NN)C1COCCO1. The number of hydrazine groups is 1. The molecule has 3 N–H and O–H groups in total. The van der Waals surface area contributed by atoms with Gasteiger partial charge in [0.25, 0.3) is 0 Å². The maximum Gasteiger partial charge on any atom is 0.123 e. The summed E-state index contributed by atoms with van der Waals surface area (Å²) in [6.45, 7) is 3.51. The lowest BCUT2D eigenvalue weighted by Crippen LogP contribution is -2.43. The number of nitrogens with one attached hydrogen (secondary N) is 1. The van der Waals surface area contributed by atoms with Gasteiger partial charge in [-0.1, -0.05) is 6.07 Å². The minimum atomic E-state index is -0.275. The highest BCUT2D eigenvalue weighted by Gasteiger charge is 2.27. The first-order chi connectivity index (χ1) is 8.22. The molecule has 0 saturated carbocycles. The molecule has 4 nitrogen and oxygen atoms in total. The Kier molecular flexibility index (Phi) is 4.06. The molecule has 5 heteroatoms. The highest BCUT2D eigenvalue weighted by Crippen LogP contribution is 2.24. The molecule has 1 aromatic carbocycles. The average molecular weight is 240 g/mol. The highest BCUT2D eigenvalue weighted by molar-refractivity contribution is 5.30. The lowest BCUT2D eigenvalue weighted by Gasteiger charge is -2.31. The molecule has 0 radical (unpaired) electrons. The number of halogens is 1. The molecule has 1 fully saturated rings. The predicted molar refractivity (Wildman–Crippen MR) is 61.8 cm³/mol. The molecular weight excluding hydrogens is 223 g/mol. The standard InChI is InChI=1S/C12H17FN2O2/c1-8-2-3-9(13)6-10(8)12(15-14)11-7-16-4-5-17-11/h2-3,6,11-12,15H,4-5,7,14H2,1H3. The van der Waals surface area contributed by atoms with Crippen LogP contribution in [0.4, 0.5) is 4.39 Å². The van der Waals surface area contributed by atoms with Crippen LogP contribution in [0, 0.1) is 12.7 Å². The third kappa shape index (κ3) is 2.81. The molecule has 2 unspecified atom stereocenters. The Labute approximate surface area is 99.9 Å². The first-order valence-corrected chi connectivity index (χ1v) is 5.64. The fourth-order valence-corrected chi connectivity index (χ4v) is 2.04. The quantitative estimate of drug-likeness (QED) is 0.612. The maximum absolute atomic E-state index is 13.3. The van der Waals surface area contributed by atoms with Gasteiger partial charge in [-0.25, -0.2) is 4.39 Å². The molecule has 1 aromatic rings. The van der Waals surface area contributed by atoms with Crippen molar-refractivity contribution in [3.05, 3.63) is 35.1 Å². The fraction of sp³-hybridized carbons (Fsp3) is 0.500. The van der Waals surface area contributed by atoms with E-state index in [1.807, 2.05) is 6.92 Å². The summed E-state index contributed by atoms with van der Waals surface area (Å²) in [5.74, 6) is 5.27. The first kappa shape index (κ1) is 12.4. The summed E-state index contributed by atoms with van der Waals surface area (Å²) in [4.78, 5) is 0. The van der Waals surface area contributed by atoms with Crippen LogP contribution in [0.15, 0.2) is 18.2 Å². The van der Waals surface area contributed by atoms with Crippen LogP contribution in [0.5, 0.6) is 0 Å². The zero-order valence-corrected chi connectivity index (χ0v) is 9.78. The van der Waals surface area contributed by atoms with Gasteiger partial charge in [0.1, 0.15) is 11.9 Å². The largest absolute Gasteiger partial charge is 0.376 e. The summed E-state index contributed by atoms with van der Waals surface area (Å²) in [7, 11) is 0. The minimum absolute atomic E-state index is 0.186. The van der Waals surface area contributed by atoms with E-state index in [1.54, 1.807) is 6.07 Å². The van der Waals surface area contributed by atoms with Gasteiger partial charge in [-0.15, -0.1) is 0 Å². The molecular formula is C12H17FN2O2. The van der Waals surface area contributed by atoms with Crippen LogP contribution in [-0.4, -0.2) is 25.9 Å². The van der Waals surface area contributed by atoms with E-state index in [-0.39, 0.29) is 18.0 Å². The van der Waals surface area contributed by atoms with Gasteiger partial charge in [0.2, 0.25) is 0 Å². The van der Waals surface area contributed by atoms with Crippen molar-refractivity contribution in [2.24, 2.45) is 5.84 Å². The summed E-state index contributed by atoms with van der Waals surface area (Å²) in [5, 5.41) is 0. The van der Waals surface area contributed by atoms with E-state index in [1.165, 1.54) is 12.1 Å². The molecule has 1 aliphatic heterocycles. The Morgan fingerprint density at radius 1 is 1.47 bits per heavy atom. The van der Waals surface area contributed by atoms with Crippen LogP contribution < -0.4 is 11.3 Å². The van der Waals surface area contributed by atoms with E-state index in [0.29, 0.717) is 19.8 Å². The van der Waals surface area contributed by atoms with Crippen LogP contribution in [-0.2, 0) is 9.47 Å². The third-order valence-corrected chi connectivity index (χ3v) is 2.97. The third-order valence-electron chi connectivity index (χ3n) is 2.97. The minimum Gasteiger partial charge on any atom is -0.376 e. The molecule has 94 valence electrons. The predicted octanol–water partition coefficient (Wildman–Crippen LogP) is 1.05. The van der Waals surface area contributed by atoms with Crippen molar-refractivity contribution >= 4 is 0 Å². The number of aryl methyl sites for hydroxylation is 1. The van der Waals surface area contributed by atoms with Crippen LogP contribution in [0.3, 0.4) is 0 Å². The van der Waals surface area contributed by atoms with Gasteiger partial charge in [0.05, 0.1) is 25.9 Å². The van der Waals surface area contributed by atoms with Crippen molar-refractivity contribution in [2.75, 3.05) is 19.8 Å². The molecule has 1 aliphatic rings. The van der Waals surface area contributed by atoms with Gasteiger partial charge >= 0.3 is 0 Å². The molecule has 2 rings (SSSR count). The van der Waals surface area contributed by atoms with Gasteiger partial charge in [0.15, 0.2) is 0 Å².